The van der Waals surface area contributed by atoms with Gasteiger partial charge in [0.15, 0.2) is 0 Å². The minimum Gasteiger partial charge on any atom is -0.399 e. The van der Waals surface area contributed by atoms with Crippen molar-refractivity contribution in [2.45, 2.75) is 37.0 Å². The van der Waals surface area contributed by atoms with Crippen molar-refractivity contribution < 1.29 is 4.79 Å². The fraction of sp³-hybridized carbons (Fsp3) is 0.308. The number of allylic oxidation sites excluding steroid dienone is 2. The molecule has 0 unspecified atom stereocenters. The number of pyridine rings is 1. The van der Waals surface area contributed by atoms with Crippen molar-refractivity contribution >= 4 is 29.4 Å². The number of hydrogen-bond acceptors (Lipinski definition) is 5. The van der Waals surface area contributed by atoms with Gasteiger partial charge in [0.05, 0.1) is 10.7 Å². The molecular formula is C26H30N4OS. The van der Waals surface area contributed by atoms with Crippen LogP contribution in [0.25, 0.3) is 11.8 Å². The highest BCUT2D eigenvalue weighted by atomic mass is 32.2. The second-order valence-corrected chi connectivity index (χ2v) is 9.30. The van der Waals surface area contributed by atoms with E-state index >= 15 is 0 Å². The van der Waals surface area contributed by atoms with Gasteiger partial charge in [0.2, 0.25) is 0 Å². The SMILES string of the molecule is C#C/C(=C\c1cc(/C(N)=C/C)ccc1C)NC(=O)c1ccnc(SC2CCN(C)CC2)c1. The zero-order chi connectivity index (χ0) is 23.1. The van der Waals surface area contributed by atoms with Crippen LogP contribution >= 0.6 is 11.8 Å². The topological polar surface area (TPSA) is 71.2 Å². The van der Waals surface area contributed by atoms with Gasteiger partial charge in [-0.05, 0) is 87.8 Å². The summed E-state index contributed by atoms with van der Waals surface area (Å²) in [6.45, 7) is 6.07. The van der Waals surface area contributed by atoms with Crippen LogP contribution in [-0.2, 0) is 0 Å². The summed E-state index contributed by atoms with van der Waals surface area (Å²) in [5, 5.41) is 4.25. The summed E-state index contributed by atoms with van der Waals surface area (Å²) in [7, 11) is 2.15. The number of likely N-dealkylation sites (tertiary alicyclic amines) is 1. The molecule has 0 aliphatic carbocycles. The molecule has 1 aromatic carbocycles. The molecule has 0 saturated carbocycles. The van der Waals surface area contributed by atoms with Crippen LogP contribution in [0.1, 0.15) is 46.8 Å². The van der Waals surface area contributed by atoms with E-state index in [2.05, 4.69) is 28.2 Å². The Morgan fingerprint density at radius 3 is 2.72 bits per heavy atom. The predicted octanol–water partition coefficient (Wildman–Crippen LogP) is 4.30. The minimum absolute atomic E-state index is 0.247. The lowest BCUT2D eigenvalue weighted by Crippen LogP contribution is -2.31. The van der Waals surface area contributed by atoms with Gasteiger partial charge in [-0.25, -0.2) is 4.98 Å². The van der Waals surface area contributed by atoms with E-state index in [1.54, 1.807) is 30.1 Å². The molecule has 0 bridgehead atoms. The highest BCUT2D eigenvalue weighted by molar-refractivity contribution is 7.99. The Balaban J connectivity index is 1.74. The van der Waals surface area contributed by atoms with E-state index in [1.165, 1.54) is 0 Å². The minimum atomic E-state index is -0.247. The molecule has 1 aliphatic rings. The smallest absolute Gasteiger partial charge is 0.256 e. The van der Waals surface area contributed by atoms with Gasteiger partial charge >= 0.3 is 0 Å². The molecule has 5 nitrogen and oxygen atoms in total. The van der Waals surface area contributed by atoms with E-state index in [1.807, 2.05) is 44.2 Å². The normalized spacial score (nSPS) is 15.9. The van der Waals surface area contributed by atoms with Crippen molar-refractivity contribution in [3.63, 3.8) is 0 Å². The van der Waals surface area contributed by atoms with Crippen molar-refractivity contribution in [1.82, 2.24) is 15.2 Å². The Morgan fingerprint density at radius 1 is 1.28 bits per heavy atom. The summed E-state index contributed by atoms with van der Waals surface area (Å²) in [5.41, 5.74) is 10.5. The summed E-state index contributed by atoms with van der Waals surface area (Å²) >= 11 is 1.74. The zero-order valence-electron chi connectivity index (χ0n) is 18.9. The third-order valence-corrected chi connectivity index (χ3v) is 6.85. The average molecular weight is 447 g/mol. The first kappa shape index (κ1) is 23.6. The molecule has 32 heavy (non-hydrogen) atoms. The summed E-state index contributed by atoms with van der Waals surface area (Å²) < 4.78 is 0. The molecule has 1 saturated heterocycles. The molecule has 166 valence electrons. The van der Waals surface area contributed by atoms with E-state index in [9.17, 15) is 4.79 Å². The van der Waals surface area contributed by atoms with Gasteiger partial charge in [-0.2, -0.15) is 0 Å². The number of aromatic nitrogens is 1. The molecule has 1 fully saturated rings. The van der Waals surface area contributed by atoms with E-state index in [0.29, 0.717) is 22.2 Å². The maximum absolute atomic E-state index is 12.9. The fourth-order valence-electron chi connectivity index (χ4n) is 3.49. The van der Waals surface area contributed by atoms with E-state index in [-0.39, 0.29) is 5.91 Å². The summed E-state index contributed by atoms with van der Waals surface area (Å²) in [5.74, 6) is 2.34. The summed E-state index contributed by atoms with van der Waals surface area (Å²) in [6.07, 6.45) is 13.3. The summed E-state index contributed by atoms with van der Waals surface area (Å²) in [6, 6.07) is 9.47. The predicted molar refractivity (Wildman–Crippen MR) is 134 cm³/mol. The largest absolute Gasteiger partial charge is 0.399 e. The number of terminal acetylenes is 1. The van der Waals surface area contributed by atoms with Crippen molar-refractivity contribution in [2.75, 3.05) is 20.1 Å². The van der Waals surface area contributed by atoms with E-state index in [4.69, 9.17) is 12.2 Å². The Hall–Kier alpha value is -3.01. The van der Waals surface area contributed by atoms with Crippen LogP contribution in [0.4, 0.5) is 0 Å². The van der Waals surface area contributed by atoms with Crippen LogP contribution in [0.3, 0.4) is 0 Å². The molecule has 0 radical (unpaired) electrons. The Morgan fingerprint density at radius 2 is 2.03 bits per heavy atom. The molecule has 1 aromatic heterocycles. The molecule has 3 rings (SSSR count). The van der Waals surface area contributed by atoms with Crippen molar-refractivity contribution in [1.29, 1.82) is 0 Å². The third-order valence-electron chi connectivity index (χ3n) is 5.58. The number of nitrogens with zero attached hydrogens (tertiary/aromatic N) is 2. The monoisotopic (exact) mass is 446 g/mol. The lowest BCUT2D eigenvalue weighted by molar-refractivity contribution is 0.0967. The van der Waals surface area contributed by atoms with Crippen LogP contribution in [-0.4, -0.2) is 41.2 Å². The van der Waals surface area contributed by atoms with Crippen LogP contribution in [0.2, 0.25) is 0 Å². The van der Waals surface area contributed by atoms with Crippen LogP contribution in [0, 0.1) is 19.3 Å². The van der Waals surface area contributed by atoms with Crippen LogP contribution < -0.4 is 11.1 Å². The second-order valence-electron chi connectivity index (χ2n) is 7.98. The zero-order valence-corrected chi connectivity index (χ0v) is 19.7. The third kappa shape index (κ3) is 6.25. The Bertz CT molecular complexity index is 1080. The number of aryl methyl sites for hydroxylation is 1. The first-order chi connectivity index (χ1) is 15.4. The number of amides is 1. The first-order valence-corrected chi connectivity index (χ1v) is 11.6. The maximum Gasteiger partial charge on any atom is 0.256 e. The molecule has 2 aromatic rings. The van der Waals surface area contributed by atoms with Crippen LogP contribution in [0.15, 0.2) is 53.3 Å². The van der Waals surface area contributed by atoms with Crippen LogP contribution in [0.5, 0.6) is 0 Å². The van der Waals surface area contributed by atoms with Crippen molar-refractivity contribution in [2.24, 2.45) is 5.73 Å². The first-order valence-electron chi connectivity index (χ1n) is 10.7. The molecule has 6 heteroatoms. The number of carbonyl (C=O) groups is 1. The lowest BCUT2D eigenvalue weighted by atomic mass is 10.0. The van der Waals surface area contributed by atoms with Gasteiger partial charge in [-0.3, -0.25) is 4.79 Å². The molecule has 0 atom stereocenters. The number of carbonyl (C=O) groups excluding carboxylic acids is 1. The highest BCUT2D eigenvalue weighted by Crippen LogP contribution is 2.29. The number of piperidine rings is 1. The molecule has 0 spiro atoms. The van der Waals surface area contributed by atoms with Gasteiger partial charge in [0.25, 0.3) is 5.91 Å². The number of nitrogens with one attached hydrogen (secondary N) is 1. The molecule has 2 heterocycles. The molecular weight excluding hydrogens is 416 g/mol. The van der Waals surface area contributed by atoms with Gasteiger partial charge in [0.1, 0.15) is 0 Å². The van der Waals surface area contributed by atoms with Gasteiger partial charge in [-0.15, -0.1) is 18.2 Å². The van der Waals surface area contributed by atoms with Gasteiger partial charge < -0.3 is 16.0 Å². The van der Waals surface area contributed by atoms with Gasteiger partial charge in [0, 0.05) is 22.7 Å². The standard InChI is InChI=1S/C26H30N4OS/c1-5-22(16-21-15-19(24(27)6-2)8-7-18(21)3)29-26(31)20-9-12-28-25(17-20)32-23-10-13-30(4)14-11-23/h1,6-9,12,15-17,23H,10-11,13-14,27H2,2-4H3,(H,29,31)/b22-16+,24-6-. The number of thioether (sulfide) groups is 1. The number of hydrogen-bond donors (Lipinski definition) is 2. The van der Waals surface area contributed by atoms with Crippen molar-refractivity contribution in [3.8, 4) is 12.3 Å². The van der Waals surface area contributed by atoms with E-state index in [0.717, 1.165) is 47.6 Å². The number of rotatable bonds is 6. The maximum atomic E-state index is 12.9. The molecule has 1 aliphatic heterocycles. The Kier molecular flexibility index (Phi) is 8.15. The molecule has 1 amide bonds. The van der Waals surface area contributed by atoms with Gasteiger partial charge in [-0.1, -0.05) is 24.1 Å². The van der Waals surface area contributed by atoms with Crippen molar-refractivity contribution in [3.05, 3.63) is 70.6 Å². The average Bonchev–Trinajstić information content (AvgIpc) is 2.81. The number of benzene rings is 1. The fourth-order valence-corrected chi connectivity index (χ4v) is 4.60. The van der Waals surface area contributed by atoms with E-state index < -0.39 is 0 Å². The molecule has 3 N–H and O–H groups in total. The lowest BCUT2D eigenvalue weighted by Gasteiger charge is -2.28. The summed E-state index contributed by atoms with van der Waals surface area (Å²) in [4.78, 5) is 19.7. The highest BCUT2D eigenvalue weighted by Gasteiger charge is 2.19. The second kappa shape index (κ2) is 11.0. The number of nitrogens with two attached hydrogens (primary N) is 1. The Labute approximate surface area is 195 Å². The quantitative estimate of drug-likeness (QED) is 0.648.